The third kappa shape index (κ3) is 2.89. The lowest BCUT2D eigenvalue weighted by Gasteiger charge is -2.34. The Morgan fingerprint density at radius 1 is 1.35 bits per heavy atom. The average Bonchev–Trinajstić information content (AvgIpc) is 2.89. The van der Waals surface area contributed by atoms with Gasteiger partial charge in [-0.3, -0.25) is 14.5 Å². The number of amides is 1. The quantitative estimate of drug-likeness (QED) is 0.857. The molecule has 1 N–H and O–H groups in total. The van der Waals surface area contributed by atoms with Crippen LogP contribution in [0.3, 0.4) is 0 Å². The number of nitrogens with zero attached hydrogens (tertiary/aromatic N) is 4. The molecule has 1 saturated heterocycles. The summed E-state index contributed by atoms with van der Waals surface area (Å²) in [5.74, 6) is -0.0313. The molecule has 0 radical (unpaired) electrons. The van der Waals surface area contributed by atoms with Crippen molar-refractivity contribution in [3.05, 3.63) is 27.1 Å². The van der Waals surface area contributed by atoms with Gasteiger partial charge in [-0.2, -0.15) is 0 Å². The Morgan fingerprint density at radius 3 is 2.70 bits per heavy atom. The van der Waals surface area contributed by atoms with Gasteiger partial charge in [0.05, 0.1) is 23.2 Å². The van der Waals surface area contributed by atoms with E-state index in [0.717, 1.165) is 18.7 Å². The van der Waals surface area contributed by atoms with Crippen LogP contribution in [0.25, 0.3) is 10.2 Å². The number of thiophene rings is 1. The summed E-state index contributed by atoms with van der Waals surface area (Å²) < 4.78 is 1.43. The van der Waals surface area contributed by atoms with Crippen molar-refractivity contribution in [2.45, 2.75) is 6.92 Å². The topological polar surface area (TPSA) is 78.7 Å². The van der Waals surface area contributed by atoms with Crippen molar-refractivity contribution in [2.24, 2.45) is 7.05 Å². The second kappa shape index (κ2) is 6.38. The standard InChI is InChI=1S/C15H20N4O3S/c1-10-11-13(16-9-17(2)14(11)21)23-12(10)15(22)19-5-3-18(4-6-19)7-8-20/h9,20H,3-8H2,1-2H3. The van der Waals surface area contributed by atoms with E-state index < -0.39 is 0 Å². The lowest BCUT2D eigenvalue weighted by atomic mass is 10.2. The van der Waals surface area contributed by atoms with Crippen LogP contribution < -0.4 is 5.56 Å². The molecule has 0 aliphatic carbocycles. The molecule has 0 aromatic carbocycles. The molecule has 0 saturated carbocycles. The molecule has 1 aliphatic rings. The fraction of sp³-hybridized carbons (Fsp3) is 0.533. The van der Waals surface area contributed by atoms with Crippen LogP contribution in [0.2, 0.25) is 0 Å². The van der Waals surface area contributed by atoms with Gasteiger partial charge in [0.1, 0.15) is 4.83 Å². The summed E-state index contributed by atoms with van der Waals surface area (Å²) in [7, 11) is 1.66. The molecule has 0 unspecified atom stereocenters. The van der Waals surface area contributed by atoms with Gasteiger partial charge in [-0.1, -0.05) is 0 Å². The maximum atomic E-state index is 12.8. The number of hydrogen-bond donors (Lipinski definition) is 1. The first kappa shape index (κ1) is 16.1. The van der Waals surface area contributed by atoms with E-state index in [1.807, 2.05) is 11.8 Å². The van der Waals surface area contributed by atoms with E-state index >= 15 is 0 Å². The molecule has 1 amide bonds. The minimum Gasteiger partial charge on any atom is -0.395 e. The first-order valence-electron chi connectivity index (χ1n) is 7.60. The maximum Gasteiger partial charge on any atom is 0.264 e. The predicted molar refractivity (Wildman–Crippen MR) is 89.0 cm³/mol. The summed E-state index contributed by atoms with van der Waals surface area (Å²) in [6.07, 6.45) is 1.49. The number of piperazine rings is 1. The molecule has 3 rings (SSSR count). The van der Waals surface area contributed by atoms with Gasteiger partial charge in [-0.15, -0.1) is 11.3 Å². The zero-order valence-corrected chi connectivity index (χ0v) is 14.1. The number of aliphatic hydroxyl groups is 1. The molecule has 3 heterocycles. The molecule has 7 nitrogen and oxygen atoms in total. The highest BCUT2D eigenvalue weighted by Gasteiger charge is 2.26. The molecule has 0 atom stereocenters. The van der Waals surface area contributed by atoms with E-state index in [0.29, 0.717) is 34.7 Å². The molecule has 8 heteroatoms. The first-order valence-corrected chi connectivity index (χ1v) is 8.41. The van der Waals surface area contributed by atoms with E-state index in [9.17, 15) is 9.59 Å². The number of aromatic nitrogens is 2. The number of rotatable bonds is 3. The summed E-state index contributed by atoms with van der Waals surface area (Å²) in [4.78, 5) is 34.5. The smallest absolute Gasteiger partial charge is 0.264 e. The molecular formula is C15H20N4O3S. The SMILES string of the molecule is Cc1c(C(=O)N2CCN(CCO)CC2)sc2ncn(C)c(=O)c12. The first-order chi connectivity index (χ1) is 11.0. The monoisotopic (exact) mass is 336 g/mol. The number of β-amino-alcohol motifs (C(OH)–C–C–N with tert-alkyl or cyclic N) is 1. The molecular weight excluding hydrogens is 316 g/mol. The maximum absolute atomic E-state index is 12.8. The fourth-order valence-corrected chi connectivity index (χ4v) is 3.98. The van der Waals surface area contributed by atoms with E-state index in [4.69, 9.17) is 5.11 Å². The average molecular weight is 336 g/mol. The molecule has 1 aliphatic heterocycles. The second-order valence-electron chi connectivity index (χ2n) is 5.75. The van der Waals surface area contributed by atoms with Crippen LogP contribution in [-0.4, -0.2) is 69.7 Å². The minimum atomic E-state index is -0.115. The van der Waals surface area contributed by atoms with Crippen molar-refractivity contribution in [1.29, 1.82) is 0 Å². The van der Waals surface area contributed by atoms with Crippen LogP contribution in [0.5, 0.6) is 0 Å². The number of hydrogen-bond acceptors (Lipinski definition) is 6. The second-order valence-corrected chi connectivity index (χ2v) is 6.75. The Balaban J connectivity index is 1.86. The number of carbonyl (C=O) groups excluding carboxylic acids is 1. The van der Waals surface area contributed by atoms with Gasteiger partial charge in [0.2, 0.25) is 0 Å². The highest BCUT2D eigenvalue weighted by molar-refractivity contribution is 7.20. The Morgan fingerprint density at radius 2 is 2.04 bits per heavy atom. The molecule has 23 heavy (non-hydrogen) atoms. The van der Waals surface area contributed by atoms with Crippen LogP contribution in [0, 0.1) is 6.92 Å². The molecule has 2 aromatic heterocycles. The van der Waals surface area contributed by atoms with E-state index in [2.05, 4.69) is 9.88 Å². The minimum absolute atomic E-state index is 0.0313. The third-order valence-corrected chi connectivity index (χ3v) is 5.47. The molecule has 124 valence electrons. The summed E-state index contributed by atoms with van der Waals surface area (Å²) in [5, 5.41) is 9.52. The number of aliphatic hydroxyl groups excluding tert-OH is 1. The van der Waals surface area contributed by atoms with Gasteiger partial charge in [0, 0.05) is 39.8 Å². The van der Waals surface area contributed by atoms with Crippen LogP contribution in [0.1, 0.15) is 15.2 Å². The summed E-state index contributed by atoms with van der Waals surface area (Å²) in [6.45, 7) is 5.39. The van der Waals surface area contributed by atoms with E-state index in [1.54, 1.807) is 7.05 Å². The van der Waals surface area contributed by atoms with Gasteiger partial charge >= 0.3 is 0 Å². The van der Waals surface area contributed by atoms with E-state index in [-0.39, 0.29) is 18.1 Å². The van der Waals surface area contributed by atoms with Crippen LogP contribution in [0.4, 0.5) is 0 Å². The van der Waals surface area contributed by atoms with Crippen molar-refractivity contribution in [3.8, 4) is 0 Å². The van der Waals surface area contributed by atoms with Crippen LogP contribution in [0.15, 0.2) is 11.1 Å². The van der Waals surface area contributed by atoms with Crippen molar-refractivity contribution >= 4 is 27.5 Å². The Hall–Kier alpha value is -1.77. The lowest BCUT2D eigenvalue weighted by Crippen LogP contribution is -2.49. The Labute approximate surface area is 137 Å². The number of fused-ring (bicyclic) bond motifs is 1. The molecule has 2 aromatic rings. The van der Waals surface area contributed by atoms with Crippen molar-refractivity contribution in [1.82, 2.24) is 19.4 Å². The van der Waals surface area contributed by atoms with Crippen molar-refractivity contribution in [3.63, 3.8) is 0 Å². The predicted octanol–water partition coefficient (Wildman–Crippen LogP) is 0.0535. The van der Waals surface area contributed by atoms with Gasteiger partial charge in [0.25, 0.3) is 11.5 Å². The number of aryl methyl sites for hydroxylation is 2. The van der Waals surface area contributed by atoms with Gasteiger partial charge in [-0.25, -0.2) is 4.98 Å². The molecule has 0 bridgehead atoms. The molecule has 0 spiro atoms. The largest absolute Gasteiger partial charge is 0.395 e. The van der Waals surface area contributed by atoms with Crippen LogP contribution >= 0.6 is 11.3 Å². The summed E-state index contributed by atoms with van der Waals surface area (Å²) >= 11 is 1.29. The van der Waals surface area contributed by atoms with Crippen LogP contribution in [-0.2, 0) is 7.05 Å². The Bertz CT molecular complexity index is 790. The van der Waals surface area contributed by atoms with Crippen molar-refractivity contribution in [2.75, 3.05) is 39.3 Å². The number of carbonyl (C=O) groups is 1. The van der Waals surface area contributed by atoms with Gasteiger partial charge in [0.15, 0.2) is 0 Å². The summed E-state index contributed by atoms with van der Waals surface area (Å²) in [6, 6.07) is 0. The highest BCUT2D eigenvalue weighted by Crippen LogP contribution is 2.28. The summed E-state index contributed by atoms with van der Waals surface area (Å²) in [5.41, 5.74) is 0.608. The zero-order valence-electron chi connectivity index (χ0n) is 13.3. The van der Waals surface area contributed by atoms with Crippen molar-refractivity contribution < 1.29 is 9.90 Å². The zero-order chi connectivity index (χ0) is 16.6. The van der Waals surface area contributed by atoms with Gasteiger partial charge in [-0.05, 0) is 12.5 Å². The van der Waals surface area contributed by atoms with Gasteiger partial charge < -0.3 is 14.6 Å². The third-order valence-electron chi connectivity index (χ3n) is 4.28. The molecule has 1 fully saturated rings. The lowest BCUT2D eigenvalue weighted by molar-refractivity contribution is 0.0619. The fourth-order valence-electron chi connectivity index (χ4n) is 2.87. The normalized spacial score (nSPS) is 16.2. The highest BCUT2D eigenvalue weighted by atomic mass is 32.1. The van der Waals surface area contributed by atoms with E-state index in [1.165, 1.54) is 22.2 Å². The Kier molecular flexibility index (Phi) is 4.47.